The summed E-state index contributed by atoms with van der Waals surface area (Å²) in [6.07, 6.45) is -1.67. The van der Waals surface area contributed by atoms with E-state index in [2.05, 4.69) is 5.43 Å². The number of thioether (sulfide) groups is 1. The Morgan fingerprint density at radius 2 is 2.12 bits per heavy atom. The first-order valence-electron chi connectivity index (χ1n) is 5.11. The smallest absolute Gasteiger partial charge is 0.271 e. The van der Waals surface area contributed by atoms with E-state index in [-0.39, 0.29) is 6.04 Å². The van der Waals surface area contributed by atoms with Crippen LogP contribution in [0.3, 0.4) is 0 Å². The van der Waals surface area contributed by atoms with Crippen LogP contribution in [0.25, 0.3) is 0 Å². The second-order valence-electron chi connectivity index (χ2n) is 3.62. The van der Waals surface area contributed by atoms with E-state index in [9.17, 15) is 13.2 Å². The van der Waals surface area contributed by atoms with Crippen molar-refractivity contribution in [1.82, 2.24) is 5.43 Å². The molecule has 17 heavy (non-hydrogen) atoms. The summed E-state index contributed by atoms with van der Waals surface area (Å²) in [6.45, 7) is 0. The highest BCUT2D eigenvalue weighted by molar-refractivity contribution is 7.98. The fraction of sp³-hybridized carbons (Fsp3) is 0.455. The van der Waals surface area contributed by atoms with Crippen LogP contribution in [-0.4, -0.2) is 12.0 Å². The average Bonchev–Trinajstić information content (AvgIpc) is 2.29. The summed E-state index contributed by atoms with van der Waals surface area (Å²) in [4.78, 5) is 0. The topological polar surface area (TPSA) is 38.0 Å². The standard InChI is InChI=1S/C11H15F3N2S/c1-17-6-5-10(16-15)8-3-2-4-9(7-8)11(12,13)14/h2-4,7,10,16H,5-6,15H2,1H3. The van der Waals surface area contributed by atoms with Gasteiger partial charge < -0.3 is 0 Å². The molecule has 0 amide bonds. The van der Waals surface area contributed by atoms with Crippen molar-refractivity contribution in [2.75, 3.05) is 12.0 Å². The summed E-state index contributed by atoms with van der Waals surface area (Å²) in [6, 6.07) is 5.02. The maximum atomic E-state index is 12.5. The van der Waals surface area contributed by atoms with Gasteiger partial charge in [-0.1, -0.05) is 12.1 Å². The molecule has 0 aliphatic heterocycles. The zero-order chi connectivity index (χ0) is 12.9. The SMILES string of the molecule is CSCCC(NN)c1cccc(C(F)(F)F)c1. The second-order valence-corrected chi connectivity index (χ2v) is 4.61. The first kappa shape index (κ1) is 14.3. The Morgan fingerprint density at radius 3 is 2.65 bits per heavy atom. The lowest BCUT2D eigenvalue weighted by molar-refractivity contribution is -0.137. The molecule has 6 heteroatoms. The van der Waals surface area contributed by atoms with E-state index < -0.39 is 11.7 Å². The number of hydrazine groups is 1. The molecule has 0 fully saturated rings. The molecule has 0 spiro atoms. The van der Waals surface area contributed by atoms with Crippen LogP contribution in [0, 0.1) is 0 Å². The van der Waals surface area contributed by atoms with E-state index in [1.54, 1.807) is 17.8 Å². The third-order valence-electron chi connectivity index (χ3n) is 2.43. The maximum Gasteiger partial charge on any atom is 0.416 e. The van der Waals surface area contributed by atoms with E-state index in [4.69, 9.17) is 5.84 Å². The molecule has 0 saturated heterocycles. The van der Waals surface area contributed by atoms with Crippen molar-refractivity contribution >= 4 is 11.8 Å². The lowest BCUT2D eigenvalue weighted by atomic mass is 10.0. The van der Waals surface area contributed by atoms with Crippen LogP contribution in [0.1, 0.15) is 23.6 Å². The summed E-state index contributed by atoms with van der Waals surface area (Å²) in [5.41, 5.74) is 2.48. The van der Waals surface area contributed by atoms with Crippen molar-refractivity contribution in [3.8, 4) is 0 Å². The largest absolute Gasteiger partial charge is 0.416 e. The number of alkyl halides is 3. The molecule has 1 atom stereocenters. The van der Waals surface area contributed by atoms with Gasteiger partial charge in [-0.05, 0) is 36.1 Å². The molecule has 0 bridgehead atoms. The van der Waals surface area contributed by atoms with Crippen LogP contribution >= 0.6 is 11.8 Å². The Kier molecular flexibility index (Phi) is 5.30. The molecule has 0 radical (unpaired) electrons. The van der Waals surface area contributed by atoms with Gasteiger partial charge >= 0.3 is 6.18 Å². The van der Waals surface area contributed by atoms with Gasteiger partial charge in [-0.15, -0.1) is 0 Å². The van der Waals surface area contributed by atoms with Gasteiger partial charge in [0.1, 0.15) is 0 Å². The van der Waals surface area contributed by atoms with E-state index in [1.165, 1.54) is 6.07 Å². The second kappa shape index (κ2) is 6.28. The molecule has 1 aromatic rings. The van der Waals surface area contributed by atoms with Crippen molar-refractivity contribution < 1.29 is 13.2 Å². The molecule has 0 saturated carbocycles. The zero-order valence-electron chi connectivity index (χ0n) is 9.42. The highest BCUT2D eigenvalue weighted by Gasteiger charge is 2.30. The van der Waals surface area contributed by atoms with Gasteiger partial charge in [0, 0.05) is 6.04 Å². The number of halogens is 3. The summed E-state index contributed by atoms with van der Waals surface area (Å²) < 4.78 is 37.6. The first-order valence-corrected chi connectivity index (χ1v) is 6.50. The molecule has 3 N–H and O–H groups in total. The minimum atomic E-state index is -4.31. The van der Waals surface area contributed by atoms with Gasteiger partial charge in [0.25, 0.3) is 0 Å². The summed E-state index contributed by atoms with van der Waals surface area (Å²) in [5.74, 6) is 6.20. The number of benzene rings is 1. The molecule has 1 aromatic carbocycles. The van der Waals surface area contributed by atoms with Crippen LogP contribution in [0.2, 0.25) is 0 Å². The van der Waals surface area contributed by atoms with E-state index in [1.807, 2.05) is 6.26 Å². The molecular formula is C11H15F3N2S. The van der Waals surface area contributed by atoms with Crippen molar-refractivity contribution in [1.29, 1.82) is 0 Å². The third-order valence-corrected chi connectivity index (χ3v) is 3.07. The highest BCUT2D eigenvalue weighted by atomic mass is 32.2. The minimum absolute atomic E-state index is 0.246. The van der Waals surface area contributed by atoms with Gasteiger partial charge in [-0.25, -0.2) is 0 Å². The Balaban J connectivity index is 2.89. The zero-order valence-corrected chi connectivity index (χ0v) is 10.2. The normalized spacial score (nSPS) is 13.7. The quantitative estimate of drug-likeness (QED) is 0.634. The number of nitrogens with two attached hydrogens (primary N) is 1. The fourth-order valence-corrected chi connectivity index (χ4v) is 1.99. The van der Waals surface area contributed by atoms with Crippen molar-refractivity contribution in [3.63, 3.8) is 0 Å². The molecule has 2 nitrogen and oxygen atoms in total. The Morgan fingerprint density at radius 1 is 1.41 bits per heavy atom. The predicted molar refractivity (Wildman–Crippen MR) is 64.5 cm³/mol. The van der Waals surface area contributed by atoms with Gasteiger partial charge in [0.2, 0.25) is 0 Å². The predicted octanol–water partition coefficient (Wildman–Crippen LogP) is 2.96. The molecule has 0 aliphatic rings. The van der Waals surface area contributed by atoms with Crippen molar-refractivity contribution in [2.24, 2.45) is 5.84 Å². The van der Waals surface area contributed by atoms with Gasteiger partial charge in [0.05, 0.1) is 5.56 Å². The number of hydrogen-bond donors (Lipinski definition) is 2. The summed E-state index contributed by atoms with van der Waals surface area (Å²) >= 11 is 1.63. The van der Waals surface area contributed by atoms with Crippen LogP contribution in [-0.2, 0) is 6.18 Å². The molecule has 1 unspecified atom stereocenters. The number of nitrogens with one attached hydrogen (secondary N) is 1. The summed E-state index contributed by atoms with van der Waals surface area (Å²) in [5, 5.41) is 0. The molecule has 1 rings (SSSR count). The van der Waals surface area contributed by atoms with Crippen LogP contribution in [0.15, 0.2) is 24.3 Å². The Bertz CT molecular complexity index is 355. The third kappa shape index (κ3) is 4.22. The number of hydrogen-bond acceptors (Lipinski definition) is 3. The van der Waals surface area contributed by atoms with E-state index in [0.29, 0.717) is 12.0 Å². The van der Waals surface area contributed by atoms with Crippen LogP contribution in [0.5, 0.6) is 0 Å². The molecular weight excluding hydrogens is 249 g/mol. The van der Waals surface area contributed by atoms with Gasteiger partial charge in [-0.3, -0.25) is 11.3 Å². The lowest BCUT2D eigenvalue weighted by Gasteiger charge is -2.17. The monoisotopic (exact) mass is 264 g/mol. The highest BCUT2D eigenvalue weighted by Crippen LogP contribution is 2.31. The molecule has 96 valence electrons. The summed E-state index contributed by atoms with van der Waals surface area (Å²) in [7, 11) is 0. The maximum absolute atomic E-state index is 12.5. The lowest BCUT2D eigenvalue weighted by Crippen LogP contribution is -2.28. The van der Waals surface area contributed by atoms with Gasteiger partial charge in [0.15, 0.2) is 0 Å². The molecule has 0 aromatic heterocycles. The van der Waals surface area contributed by atoms with Crippen LogP contribution in [0.4, 0.5) is 13.2 Å². The van der Waals surface area contributed by atoms with Crippen molar-refractivity contribution in [3.05, 3.63) is 35.4 Å². The average molecular weight is 264 g/mol. The first-order chi connectivity index (χ1) is 7.99. The van der Waals surface area contributed by atoms with E-state index in [0.717, 1.165) is 17.9 Å². The van der Waals surface area contributed by atoms with Crippen LogP contribution < -0.4 is 11.3 Å². The Labute approximate surface area is 103 Å². The Hall–Kier alpha value is -0.720. The number of rotatable bonds is 5. The minimum Gasteiger partial charge on any atom is -0.271 e. The molecule has 0 heterocycles. The van der Waals surface area contributed by atoms with E-state index >= 15 is 0 Å². The van der Waals surface area contributed by atoms with Crippen molar-refractivity contribution in [2.45, 2.75) is 18.6 Å². The molecule has 0 aliphatic carbocycles. The fourth-order valence-electron chi connectivity index (χ4n) is 1.51. The van der Waals surface area contributed by atoms with Gasteiger partial charge in [-0.2, -0.15) is 24.9 Å².